The molecule has 2 N–H and O–H groups in total. The predicted octanol–water partition coefficient (Wildman–Crippen LogP) is 1.59. The van der Waals surface area contributed by atoms with Crippen molar-refractivity contribution in [3.05, 3.63) is 42.0 Å². The highest BCUT2D eigenvalue weighted by molar-refractivity contribution is 5.84. The van der Waals surface area contributed by atoms with Crippen LogP contribution in [0.3, 0.4) is 0 Å². The minimum absolute atomic E-state index is 0.370. The normalized spacial score (nSPS) is 11.7. The van der Waals surface area contributed by atoms with Crippen LogP contribution in [0.4, 0.5) is 0 Å². The fraction of sp³-hybridized carbons (Fsp3) is 0.308. The van der Waals surface area contributed by atoms with E-state index in [1.54, 1.807) is 0 Å². The smallest absolute Gasteiger partial charge is 0.251 e. The Balaban J connectivity index is 2.37. The van der Waals surface area contributed by atoms with Crippen molar-refractivity contribution in [1.82, 2.24) is 5.32 Å². The highest BCUT2D eigenvalue weighted by Crippen LogP contribution is 2.01. The first-order valence-corrected chi connectivity index (χ1v) is 5.22. The van der Waals surface area contributed by atoms with Crippen LogP contribution in [0.2, 0.25) is 0 Å². The molecule has 16 heavy (non-hydrogen) atoms. The molecule has 0 aliphatic carbocycles. The van der Waals surface area contributed by atoms with Gasteiger partial charge in [-0.2, -0.15) is 0 Å². The fourth-order valence-corrected chi connectivity index (χ4v) is 1.13. The molecule has 0 unspecified atom stereocenters. The van der Waals surface area contributed by atoms with Crippen molar-refractivity contribution >= 4 is 12.0 Å². The molecule has 3 nitrogen and oxygen atoms in total. The molecule has 0 bridgehead atoms. The lowest BCUT2D eigenvalue weighted by Crippen LogP contribution is -2.41. The second-order valence-corrected chi connectivity index (χ2v) is 4.08. The third-order valence-electron chi connectivity index (χ3n) is 2.05. The maximum atomic E-state index is 11.3. The van der Waals surface area contributed by atoms with E-state index in [9.17, 15) is 9.90 Å². The van der Waals surface area contributed by atoms with Gasteiger partial charge in [0.15, 0.2) is 0 Å². The van der Waals surface area contributed by atoms with Crippen molar-refractivity contribution in [3.8, 4) is 0 Å². The van der Waals surface area contributed by atoms with Crippen molar-refractivity contribution in [2.24, 2.45) is 0 Å². The highest BCUT2D eigenvalue weighted by atomic mass is 16.3. The Labute approximate surface area is 95.8 Å². The molecule has 0 saturated carbocycles. The molecule has 0 aliphatic rings. The quantitative estimate of drug-likeness (QED) is 0.808. The van der Waals surface area contributed by atoms with E-state index in [-0.39, 0.29) is 5.91 Å². The van der Waals surface area contributed by atoms with Gasteiger partial charge in [0.2, 0.25) is 0 Å². The molecule has 1 aromatic carbocycles. The van der Waals surface area contributed by atoms with Gasteiger partial charge in [-0.25, -0.2) is 0 Å². The zero-order chi connectivity index (χ0) is 12.0. The standard InChI is InChI=1S/C13H17NO2/c1-13(2,16)12(15)14-10-6-9-11-7-4-3-5-8-11/h3-9,16H,10H2,1-2H3,(H,14,15). The molecule has 0 atom stereocenters. The van der Waals surface area contributed by atoms with Crippen LogP contribution in [0.1, 0.15) is 19.4 Å². The van der Waals surface area contributed by atoms with E-state index in [0.29, 0.717) is 6.54 Å². The van der Waals surface area contributed by atoms with Crippen LogP contribution >= 0.6 is 0 Å². The average molecular weight is 219 g/mol. The van der Waals surface area contributed by atoms with Gasteiger partial charge < -0.3 is 10.4 Å². The number of nitrogens with one attached hydrogen (secondary N) is 1. The summed E-state index contributed by atoms with van der Waals surface area (Å²) in [5, 5.41) is 12.0. The number of carbonyl (C=O) groups excluding carboxylic acids is 1. The van der Waals surface area contributed by atoms with Crippen molar-refractivity contribution in [3.63, 3.8) is 0 Å². The summed E-state index contributed by atoms with van der Waals surface area (Å²) >= 11 is 0. The number of hydrogen-bond acceptors (Lipinski definition) is 2. The van der Waals surface area contributed by atoms with Gasteiger partial charge in [0, 0.05) is 6.54 Å². The lowest BCUT2D eigenvalue weighted by atomic mass is 10.1. The summed E-state index contributed by atoms with van der Waals surface area (Å²) in [7, 11) is 0. The Morgan fingerprint density at radius 2 is 2.00 bits per heavy atom. The van der Waals surface area contributed by atoms with Crippen molar-refractivity contribution in [2.45, 2.75) is 19.4 Å². The Hall–Kier alpha value is -1.61. The maximum absolute atomic E-state index is 11.3. The zero-order valence-corrected chi connectivity index (χ0v) is 9.60. The number of hydrogen-bond donors (Lipinski definition) is 2. The van der Waals surface area contributed by atoms with Gasteiger partial charge in [-0.3, -0.25) is 4.79 Å². The van der Waals surface area contributed by atoms with E-state index in [0.717, 1.165) is 5.56 Å². The van der Waals surface area contributed by atoms with E-state index >= 15 is 0 Å². The molecule has 0 radical (unpaired) electrons. The summed E-state index contributed by atoms with van der Waals surface area (Å²) in [6.07, 6.45) is 3.77. The van der Waals surface area contributed by atoms with Gasteiger partial charge in [-0.15, -0.1) is 0 Å². The van der Waals surface area contributed by atoms with E-state index in [4.69, 9.17) is 0 Å². The van der Waals surface area contributed by atoms with E-state index in [2.05, 4.69) is 5.32 Å². The summed E-state index contributed by atoms with van der Waals surface area (Å²) in [6.45, 7) is 3.34. The Bertz CT molecular complexity index is 363. The molecular weight excluding hydrogens is 202 g/mol. The van der Waals surface area contributed by atoms with Crippen LogP contribution in [0.5, 0.6) is 0 Å². The first-order valence-electron chi connectivity index (χ1n) is 5.22. The summed E-state index contributed by atoms with van der Waals surface area (Å²) in [5.41, 5.74) is -0.236. The van der Waals surface area contributed by atoms with Crippen LogP contribution in [0.25, 0.3) is 6.08 Å². The molecule has 0 aromatic heterocycles. The largest absolute Gasteiger partial charge is 0.381 e. The van der Waals surface area contributed by atoms with Crippen molar-refractivity contribution in [1.29, 1.82) is 0 Å². The summed E-state index contributed by atoms with van der Waals surface area (Å²) in [4.78, 5) is 11.3. The highest BCUT2D eigenvalue weighted by Gasteiger charge is 2.22. The van der Waals surface area contributed by atoms with Crippen LogP contribution in [0, 0.1) is 0 Å². The minimum Gasteiger partial charge on any atom is -0.381 e. The molecule has 0 heterocycles. The molecular formula is C13H17NO2. The van der Waals surface area contributed by atoms with E-state index in [1.165, 1.54) is 13.8 Å². The van der Waals surface area contributed by atoms with Crippen LogP contribution in [-0.2, 0) is 4.79 Å². The van der Waals surface area contributed by atoms with Gasteiger partial charge in [0.25, 0.3) is 5.91 Å². The van der Waals surface area contributed by atoms with Crippen LogP contribution in [-0.4, -0.2) is 23.2 Å². The van der Waals surface area contributed by atoms with Gasteiger partial charge in [-0.1, -0.05) is 42.5 Å². The molecule has 1 amide bonds. The zero-order valence-electron chi connectivity index (χ0n) is 9.60. The third kappa shape index (κ3) is 4.28. The topological polar surface area (TPSA) is 49.3 Å². The Kier molecular flexibility index (Phi) is 4.26. The summed E-state index contributed by atoms with van der Waals surface area (Å²) in [5.74, 6) is -0.370. The molecule has 0 fully saturated rings. The van der Waals surface area contributed by atoms with Gasteiger partial charge in [0.1, 0.15) is 5.60 Å². The van der Waals surface area contributed by atoms with Crippen LogP contribution < -0.4 is 5.32 Å². The summed E-state index contributed by atoms with van der Waals surface area (Å²) < 4.78 is 0. The predicted molar refractivity (Wildman–Crippen MR) is 64.8 cm³/mol. The van der Waals surface area contributed by atoms with E-state index < -0.39 is 5.60 Å². The van der Waals surface area contributed by atoms with Crippen molar-refractivity contribution in [2.75, 3.05) is 6.54 Å². The fourth-order valence-electron chi connectivity index (χ4n) is 1.13. The van der Waals surface area contributed by atoms with Crippen LogP contribution in [0.15, 0.2) is 36.4 Å². The molecule has 1 rings (SSSR count). The van der Waals surface area contributed by atoms with Gasteiger partial charge in [-0.05, 0) is 19.4 Å². The van der Waals surface area contributed by atoms with Gasteiger partial charge >= 0.3 is 0 Å². The lowest BCUT2D eigenvalue weighted by molar-refractivity contribution is -0.136. The SMILES string of the molecule is CC(C)(O)C(=O)NCC=Cc1ccccc1. The molecule has 1 aromatic rings. The first kappa shape index (κ1) is 12.5. The number of amides is 1. The number of aliphatic hydroxyl groups is 1. The molecule has 0 saturated heterocycles. The molecule has 0 aliphatic heterocycles. The maximum Gasteiger partial charge on any atom is 0.251 e. The Morgan fingerprint density at radius 3 is 2.56 bits per heavy atom. The second kappa shape index (κ2) is 5.47. The molecule has 86 valence electrons. The molecule has 0 spiro atoms. The Morgan fingerprint density at radius 1 is 1.38 bits per heavy atom. The monoisotopic (exact) mass is 219 g/mol. The number of carbonyl (C=O) groups is 1. The third-order valence-corrected chi connectivity index (χ3v) is 2.05. The van der Waals surface area contributed by atoms with E-state index in [1.807, 2.05) is 42.5 Å². The lowest BCUT2D eigenvalue weighted by Gasteiger charge is -2.15. The number of benzene rings is 1. The van der Waals surface area contributed by atoms with Crippen molar-refractivity contribution < 1.29 is 9.90 Å². The summed E-state index contributed by atoms with van der Waals surface area (Å²) in [6, 6.07) is 9.82. The van der Waals surface area contributed by atoms with Gasteiger partial charge in [0.05, 0.1) is 0 Å². The second-order valence-electron chi connectivity index (χ2n) is 4.08. The first-order chi connectivity index (χ1) is 7.50. The average Bonchev–Trinajstić information content (AvgIpc) is 2.24. The number of rotatable bonds is 4. The minimum atomic E-state index is -1.32. The molecule has 3 heteroatoms.